The van der Waals surface area contributed by atoms with Gasteiger partial charge >= 0.3 is 0 Å². The van der Waals surface area contributed by atoms with E-state index in [2.05, 4.69) is 31.6 Å². The number of carbonyl (C=O) groups excluding carboxylic acids is 1. The average molecular weight is 446 g/mol. The van der Waals surface area contributed by atoms with Crippen molar-refractivity contribution < 1.29 is 18.0 Å². The normalized spacial score (nSPS) is 11.4. The highest BCUT2D eigenvalue weighted by molar-refractivity contribution is 9.10. The minimum Gasteiger partial charge on any atom is -0.352 e. The van der Waals surface area contributed by atoms with E-state index in [0.29, 0.717) is 12.5 Å². The molecule has 0 saturated carbocycles. The molecule has 1 aromatic heterocycles. The molecule has 27 heavy (non-hydrogen) atoms. The second-order valence-corrected chi connectivity index (χ2v) is 6.70. The Morgan fingerprint density at radius 3 is 2.59 bits per heavy atom. The maximum Gasteiger partial charge on any atom is 0.243 e. The number of hydrogen-bond acceptors (Lipinski definition) is 2. The lowest BCUT2D eigenvalue weighted by atomic mass is 10.2. The first-order valence-corrected chi connectivity index (χ1v) is 8.68. The molecule has 0 saturated heterocycles. The number of rotatable bonds is 5. The predicted molar refractivity (Wildman–Crippen MR) is 101 cm³/mol. The van der Waals surface area contributed by atoms with Crippen LogP contribution in [0.3, 0.4) is 0 Å². The summed E-state index contributed by atoms with van der Waals surface area (Å²) in [7, 11) is 5.27. The fraction of sp³-hybridized carbons (Fsp3) is 0.294. The molecule has 2 aromatic rings. The Kier molecular flexibility index (Phi) is 6.89. The van der Waals surface area contributed by atoms with Crippen molar-refractivity contribution in [1.82, 2.24) is 14.8 Å². The van der Waals surface area contributed by atoms with E-state index >= 15 is 0 Å². The number of carbonyl (C=O) groups is 1. The predicted octanol–water partition coefficient (Wildman–Crippen LogP) is 2.85. The fourth-order valence-corrected chi connectivity index (χ4v) is 2.97. The second-order valence-electron chi connectivity index (χ2n) is 5.79. The summed E-state index contributed by atoms with van der Waals surface area (Å²) in [5.41, 5.74) is 0.582. The molecule has 2 N–H and O–H groups in total. The van der Waals surface area contributed by atoms with Crippen molar-refractivity contribution in [3.8, 4) is 0 Å². The van der Waals surface area contributed by atoms with Crippen LogP contribution in [0.4, 0.5) is 18.9 Å². The number of benzene rings is 1. The van der Waals surface area contributed by atoms with Gasteiger partial charge in [-0.2, -0.15) is 0 Å². The zero-order valence-corrected chi connectivity index (χ0v) is 16.6. The van der Waals surface area contributed by atoms with Crippen LogP contribution in [0.25, 0.3) is 0 Å². The van der Waals surface area contributed by atoms with Crippen LogP contribution >= 0.6 is 15.9 Å². The minimum atomic E-state index is -1.63. The summed E-state index contributed by atoms with van der Waals surface area (Å²) in [5, 5.41) is 5.03. The molecule has 2 rings (SSSR count). The van der Waals surface area contributed by atoms with Crippen LogP contribution in [0.1, 0.15) is 5.69 Å². The Morgan fingerprint density at radius 2 is 2.00 bits per heavy atom. The summed E-state index contributed by atoms with van der Waals surface area (Å²) < 4.78 is 42.6. The molecule has 0 radical (unpaired) electrons. The lowest BCUT2D eigenvalue weighted by Crippen LogP contribution is -2.42. The summed E-state index contributed by atoms with van der Waals surface area (Å²) >= 11 is 3.40. The van der Waals surface area contributed by atoms with Gasteiger partial charge in [-0.1, -0.05) is 0 Å². The molecule has 0 aliphatic carbocycles. The summed E-state index contributed by atoms with van der Waals surface area (Å²) in [6, 6.07) is 3.66. The smallest absolute Gasteiger partial charge is 0.243 e. The molecular weight excluding hydrogens is 427 g/mol. The number of guanidine groups is 1. The minimum absolute atomic E-state index is 0.230. The van der Waals surface area contributed by atoms with E-state index in [0.717, 1.165) is 22.3 Å². The van der Waals surface area contributed by atoms with Gasteiger partial charge in [0.1, 0.15) is 0 Å². The van der Waals surface area contributed by atoms with Gasteiger partial charge < -0.3 is 20.1 Å². The molecule has 0 spiro atoms. The van der Waals surface area contributed by atoms with Gasteiger partial charge in [0.25, 0.3) is 0 Å². The van der Waals surface area contributed by atoms with Gasteiger partial charge in [0.05, 0.1) is 18.8 Å². The number of amides is 1. The number of aryl methyl sites for hydroxylation is 1. The highest BCUT2D eigenvalue weighted by atomic mass is 79.9. The Morgan fingerprint density at radius 1 is 1.30 bits per heavy atom. The molecule has 1 heterocycles. The van der Waals surface area contributed by atoms with E-state index in [1.165, 1.54) is 0 Å². The first kappa shape index (κ1) is 20.8. The molecule has 0 aliphatic heterocycles. The monoisotopic (exact) mass is 445 g/mol. The molecule has 0 aliphatic rings. The van der Waals surface area contributed by atoms with Crippen LogP contribution in [0.15, 0.2) is 33.9 Å². The van der Waals surface area contributed by atoms with Crippen LogP contribution in [0.5, 0.6) is 0 Å². The summed E-state index contributed by atoms with van der Waals surface area (Å²) in [6.45, 7) is 0.299. The number of nitrogens with zero attached hydrogens (tertiary/aromatic N) is 3. The molecule has 0 unspecified atom stereocenters. The second kappa shape index (κ2) is 8.94. The first-order chi connectivity index (χ1) is 12.7. The summed E-state index contributed by atoms with van der Waals surface area (Å²) in [4.78, 5) is 17.9. The molecule has 0 atom stereocenters. The largest absolute Gasteiger partial charge is 0.352 e. The van der Waals surface area contributed by atoms with Crippen molar-refractivity contribution >= 4 is 33.5 Å². The molecular formula is C17H19BrF3N5O. The van der Waals surface area contributed by atoms with Crippen molar-refractivity contribution in [2.45, 2.75) is 6.54 Å². The van der Waals surface area contributed by atoms with Gasteiger partial charge in [-0.25, -0.2) is 13.2 Å². The average Bonchev–Trinajstić information content (AvgIpc) is 2.93. The molecule has 10 heteroatoms. The molecule has 6 nitrogen and oxygen atoms in total. The lowest BCUT2D eigenvalue weighted by Gasteiger charge is -2.22. The molecule has 146 valence electrons. The summed E-state index contributed by atoms with van der Waals surface area (Å²) in [5.74, 6) is -4.59. The highest BCUT2D eigenvalue weighted by Gasteiger charge is 2.16. The lowest BCUT2D eigenvalue weighted by molar-refractivity contribution is -0.115. The van der Waals surface area contributed by atoms with Gasteiger partial charge in [-0.15, -0.1) is 0 Å². The first-order valence-electron chi connectivity index (χ1n) is 7.88. The number of nitrogens with one attached hydrogen (secondary N) is 2. The van der Waals surface area contributed by atoms with E-state index in [9.17, 15) is 18.0 Å². The topological polar surface area (TPSA) is 61.7 Å². The third kappa shape index (κ3) is 5.25. The maximum absolute atomic E-state index is 13.6. The Bertz CT molecular complexity index is 868. The fourth-order valence-electron chi connectivity index (χ4n) is 2.40. The van der Waals surface area contributed by atoms with E-state index in [1.807, 2.05) is 23.9 Å². The van der Waals surface area contributed by atoms with Gasteiger partial charge in [0.2, 0.25) is 5.91 Å². The molecule has 1 amide bonds. The van der Waals surface area contributed by atoms with E-state index in [4.69, 9.17) is 0 Å². The SMILES string of the molecule is CN=C(NCC(=O)Nc1ccc(F)c(F)c1F)N(C)Cc1cc(Br)cn1C. The van der Waals surface area contributed by atoms with Crippen LogP contribution in [0, 0.1) is 17.5 Å². The van der Waals surface area contributed by atoms with E-state index < -0.39 is 29.0 Å². The number of aromatic nitrogens is 1. The van der Waals surface area contributed by atoms with Crippen LogP contribution < -0.4 is 10.6 Å². The van der Waals surface area contributed by atoms with Gasteiger partial charge in [0.15, 0.2) is 23.4 Å². The van der Waals surface area contributed by atoms with Gasteiger partial charge in [-0.3, -0.25) is 9.79 Å². The van der Waals surface area contributed by atoms with Crippen molar-refractivity contribution in [1.29, 1.82) is 0 Å². The van der Waals surface area contributed by atoms with Crippen molar-refractivity contribution in [2.75, 3.05) is 26.0 Å². The zero-order chi connectivity index (χ0) is 20.1. The zero-order valence-electron chi connectivity index (χ0n) is 15.0. The van der Waals surface area contributed by atoms with E-state index in [1.54, 1.807) is 19.0 Å². The van der Waals surface area contributed by atoms with E-state index in [-0.39, 0.29) is 6.54 Å². The quantitative estimate of drug-likeness (QED) is 0.422. The summed E-state index contributed by atoms with van der Waals surface area (Å²) in [6.07, 6.45) is 1.92. The van der Waals surface area contributed by atoms with Crippen molar-refractivity contribution in [3.05, 3.63) is 52.0 Å². The van der Waals surface area contributed by atoms with Gasteiger partial charge in [-0.05, 0) is 34.1 Å². The standard InChI is InChI=1S/C17H19BrF3N5O/c1-22-17(26(3)9-11-6-10(18)8-25(11)2)23-7-14(27)24-13-5-4-12(19)15(20)16(13)21/h4-6,8H,7,9H2,1-3H3,(H,22,23)(H,24,27). The Balaban J connectivity index is 1.94. The third-order valence-corrected chi connectivity index (χ3v) is 4.20. The third-order valence-electron chi connectivity index (χ3n) is 3.76. The van der Waals surface area contributed by atoms with Gasteiger partial charge in [0, 0.05) is 37.5 Å². The van der Waals surface area contributed by atoms with Crippen LogP contribution in [-0.4, -0.2) is 42.0 Å². The number of aliphatic imine (C=N–C) groups is 1. The van der Waals surface area contributed by atoms with Crippen molar-refractivity contribution in [2.24, 2.45) is 12.0 Å². The molecule has 0 fully saturated rings. The molecule has 1 aromatic carbocycles. The number of halogens is 4. The van der Waals surface area contributed by atoms with Crippen LogP contribution in [-0.2, 0) is 18.4 Å². The Labute approximate surface area is 163 Å². The Hall–Kier alpha value is -2.49. The highest BCUT2D eigenvalue weighted by Crippen LogP contribution is 2.19. The number of anilines is 1. The molecule has 0 bridgehead atoms. The maximum atomic E-state index is 13.6. The van der Waals surface area contributed by atoms with Crippen LogP contribution in [0.2, 0.25) is 0 Å². The number of hydrogen-bond donors (Lipinski definition) is 2. The van der Waals surface area contributed by atoms with Crippen molar-refractivity contribution in [3.63, 3.8) is 0 Å².